The molecule has 1 heterocycles. The number of halogens is 10. The van der Waals surface area contributed by atoms with E-state index in [2.05, 4.69) is 4.98 Å². The van der Waals surface area contributed by atoms with Gasteiger partial charge in [-0.1, -0.05) is 46.3 Å². The van der Waals surface area contributed by atoms with Gasteiger partial charge < -0.3 is 0 Å². The van der Waals surface area contributed by atoms with Crippen LogP contribution in [-0.4, -0.2) is 23.0 Å². The van der Waals surface area contributed by atoms with Crippen LogP contribution in [-0.2, 0) is 3.42 Å². The summed E-state index contributed by atoms with van der Waals surface area (Å²) >= 11 is 9.17. The highest BCUT2D eigenvalue weighted by molar-refractivity contribution is 14.1. The number of rotatable bonds is 2. The lowest BCUT2D eigenvalue weighted by Gasteiger charge is -2.36. The zero-order chi connectivity index (χ0) is 19.3. The van der Waals surface area contributed by atoms with Crippen LogP contribution in [0.3, 0.4) is 0 Å². The summed E-state index contributed by atoms with van der Waals surface area (Å²) in [4.78, 5) is 3.78. The van der Waals surface area contributed by atoms with Crippen LogP contribution >= 0.6 is 56.8 Å². The van der Waals surface area contributed by atoms with Gasteiger partial charge in [-0.25, -0.2) is 9.37 Å². The van der Waals surface area contributed by atoms with E-state index in [9.17, 15) is 30.7 Å². The van der Waals surface area contributed by atoms with Gasteiger partial charge in [0.15, 0.2) is 0 Å². The number of hydrogen-bond acceptors (Lipinski definition) is 1. The van der Waals surface area contributed by atoms with Crippen molar-refractivity contribution in [1.29, 1.82) is 0 Å². The third-order valence-electron chi connectivity index (χ3n) is 3.51. The largest absolute Gasteiger partial charge is 0.435 e. The lowest BCUT2D eigenvalue weighted by atomic mass is 9.83. The molecule has 0 aromatic carbocycles. The van der Waals surface area contributed by atoms with E-state index in [-0.39, 0.29) is 20.7 Å². The van der Waals surface area contributed by atoms with E-state index in [0.717, 1.165) is 0 Å². The highest BCUT2D eigenvalue weighted by Gasteiger charge is 2.74. The first-order valence-corrected chi connectivity index (χ1v) is 8.97. The summed E-state index contributed by atoms with van der Waals surface area (Å²) in [6, 6.07) is 2.86. The predicted octanol–water partition coefficient (Wildman–Crippen LogP) is 6.85. The molecule has 0 saturated carbocycles. The number of pyridine rings is 1. The second-order valence-electron chi connectivity index (χ2n) is 5.23. The maximum Gasteiger partial charge on any atom is 0.435 e. The Bertz CT molecular complexity index is 727. The lowest BCUT2D eigenvalue weighted by molar-refractivity contribution is -0.325. The van der Waals surface area contributed by atoms with E-state index in [0.29, 0.717) is 12.2 Å². The molecule has 0 N–H and O–H groups in total. The molecule has 1 unspecified atom stereocenters. The zero-order valence-corrected chi connectivity index (χ0v) is 16.9. The Labute approximate surface area is 170 Å². The molecule has 0 spiro atoms. The van der Waals surface area contributed by atoms with E-state index in [1.165, 1.54) is 18.3 Å². The van der Waals surface area contributed by atoms with E-state index in [1.807, 2.05) is 0 Å². The molecule has 1 aliphatic carbocycles. The fourth-order valence-electron chi connectivity index (χ4n) is 2.36. The van der Waals surface area contributed by atoms with Gasteiger partial charge in [-0.3, -0.25) is 0 Å². The highest BCUT2D eigenvalue weighted by Crippen LogP contribution is 2.56. The first-order valence-electron chi connectivity index (χ1n) is 6.44. The van der Waals surface area contributed by atoms with Gasteiger partial charge in [-0.15, -0.1) is 0 Å². The number of alkyl halides is 8. The Morgan fingerprint density at radius 2 is 1.64 bits per heavy atom. The van der Waals surface area contributed by atoms with Crippen molar-refractivity contribution in [3.8, 4) is 0 Å². The lowest BCUT2D eigenvalue weighted by Crippen LogP contribution is -2.55. The van der Waals surface area contributed by atoms with E-state index < -0.39 is 27.0 Å². The summed E-state index contributed by atoms with van der Waals surface area (Å²) in [5, 5.41) is -0.0814. The van der Waals surface area contributed by atoms with Crippen LogP contribution in [0.1, 0.15) is 12.0 Å². The monoisotopic (exact) mass is 611 g/mol. The van der Waals surface area contributed by atoms with Crippen LogP contribution in [0.25, 0.3) is 0 Å². The maximum atomic E-state index is 14.4. The Morgan fingerprint density at radius 3 is 2.12 bits per heavy atom. The molecule has 0 bridgehead atoms. The highest BCUT2D eigenvalue weighted by atomic mass is 127. The second kappa shape index (κ2) is 6.80. The van der Waals surface area contributed by atoms with Gasteiger partial charge in [0.1, 0.15) is 5.15 Å². The van der Waals surface area contributed by atoms with Crippen molar-refractivity contribution < 1.29 is 30.7 Å². The number of nitrogens with zero attached hydrogens (tertiary/aromatic N) is 1. The van der Waals surface area contributed by atoms with Crippen LogP contribution < -0.4 is 0 Å². The topological polar surface area (TPSA) is 12.9 Å². The molecule has 1 aromatic rings. The Balaban J connectivity index is 2.71. The molecule has 1 aliphatic rings. The van der Waals surface area contributed by atoms with Gasteiger partial charge in [0, 0.05) is 23.8 Å². The molecule has 0 aliphatic heterocycles. The molecule has 0 fully saturated rings. The fourth-order valence-corrected chi connectivity index (χ4v) is 5.66. The first kappa shape index (κ1) is 21.2. The SMILES string of the molecule is FC(F)(F)C(F)(C1=CC(I)(c2cccnc2Cl)CC(I)=C1)C(F)(F)F. The molecular weight excluding hydrogens is 604 g/mol. The van der Waals surface area contributed by atoms with E-state index >= 15 is 0 Å². The summed E-state index contributed by atoms with van der Waals surface area (Å²) in [6.45, 7) is 0. The van der Waals surface area contributed by atoms with Crippen molar-refractivity contribution in [3.63, 3.8) is 0 Å². The minimum Gasteiger partial charge on any atom is -0.244 e. The number of hydrogen-bond donors (Lipinski definition) is 0. The fraction of sp³-hybridized carbons (Fsp3) is 0.357. The van der Waals surface area contributed by atoms with Crippen molar-refractivity contribution in [2.75, 3.05) is 0 Å². The normalized spacial score (nSPS) is 22.5. The molecule has 138 valence electrons. The van der Waals surface area contributed by atoms with Crippen molar-refractivity contribution in [3.05, 3.63) is 50.4 Å². The molecule has 25 heavy (non-hydrogen) atoms. The van der Waals surface area contributed by atoms with Crippen LogP contribution in [0.15, 0.2) is 39.6 Å². The standard InChI is InChI=1S/C14H7ClF7I2N/c15-10-9(2-1-3-25-10)11(24)5-7(4-8(23)6-11)12(16,13(17,18)19)14(20,21)22/h1-5H,6H2. The predicted molar refractivity (Wildman–Crippen MR) is 95.7 cm³/mol. The molecule has 1 aromatic heterocycles. The summed E-state index contributed by atoms with van der Waals surface area (Å²) in [5.41, 5.74) is -6.80. The molecule has 0 amide bonds. The Hall–Kier alpha value is -0.110. The molecule has 1 atom stereocenters. The Kier molecular flexibility index (Phi) is 5.77. The molecule has 1 nitrogen and oxygen atoms in total. The van der Waals surface area contributed by atoms with Gasteiger partial charge in [0.2, 0.25) is 0 Å². The summed E-state index contributed by atoms with van der Waals surface area (Å²) in [6.07, 6.45) is -9.77. The number of allylic oxidation sites excluding steroid dienone is 4. The summed E-state index contributed by atoms with van der Waals surface area (Å²) in [7, 11) is 0. The maximum absolute atomic E-state index is 14.4. The molecule has 2 rings (SSSR count). The summed E-state index contributed by atoms with van der Waals surface area (Å²) in [5.74, 6) is 0. The molecular formula is C14H7ClF7I2N. The Morgan fingerprint density at radius 1 is 1.08 bits per heavy atom. The number of aromatic nitrogens is 1. The van der Waals surface area contributed by atoms with Gasteiger partial charge >= 0.3 is 18.0 Å². The van der Waals surface area contributed by atoms with E-state index in [4.69, 9.17) is 11.6 Å². The van der Waals surface area contributed by atoms with Crippen molar-refractivity contribution in [2.45, 2.75) is 27.9 Å². The molecule has 0 radical (unpaired) electrons. The van der Waals surface area contributed by atoms with Crippen molar-refractivity contribution in [2.24, 2.45) is 0 Å². The molecule has 0 saturated heterocycles. The van der Waals surface area contributed by atoms with Gasteiger partial charge in [0.25, 0.3) is 0 Å². The first-order chi connectivity index (χ1) is 11.2. The third-order valence-corrected chi connectivity index (χ3v) is 5.78. The third kappa shape index (κ3) is 3.80. The van der Waals surface area contributed by atoms with Gasteiger partial charge in [-0.2, -0.15) is 26.3 Å². The van der Waals surface area contributed by atoms with E-state index in [1.54, 1.807) is 45.2 Å². The summed E-state index contributed by atoms with van der Waals surface area (Å²) < 4.78 is 91.3. The van der Waals surface area contributed by atoms with Gasteiger partial charge in [0.05, 0.1) is 3.42 Å². The minimum absolute atomic E-state index is 0.0504. The quantitative estimate of drug-likeness (QED) is 0.154. The average molecular weight is 611 g/mol. The van der Waals surface area contributed by atoms with Gasteiger partial charge in [-0.05, 0) is 38.3 Å². The second-order valence-corrected chi connectivity index (χ2v) is 8.89. The van der Waals surface area contributed by atoms with Crippen LogP contribution in [0.5, 0.6) is 0 Å². The van der Waals surface area contributed by atoms with Crippen LogP contribution in [0.2, 0.25) is 5.15 Å². The smallest absolute Gasteiger partial charge is 0.244 e. The average Bonchev–Trinajstić information content (AvgIpc) is 2.43. The van der Waals surface area contributed by atoms with Crippen LogP contribution in [0.4, 0.5) is 30.7 Å². The zero-order valence-electron chi connectivity index (χ0n) is 11.8. The minimum atomic E-state index is -6.17. The van der Waals surface area contributed by atoms with Crippen molar-refractivity contribution in [1.82, 2.24) is 4.98 Å². The molecule has 11 heteroatoms. The van der Waals surface area contributed by atoms with Crippen LogP contribution in [0, 0.1) is 0 Å². The van der Waals surface area contributed by atoms with Crippen molar-refractivity contribution >= 4 is 56.8 Å².